The summed E-state index contributed by atoms with van der Waals surface area (Å²) in [7, 11) is 3.11. The monoisotopic (exact) mass is 586 g/mol. The number of hydrogen-bond acceptors (Lipinski definition) is 8. The largest absolute Gasteiger partial charge is 0.458 e. The number of hydrogen-bond donors (Lipinski definition) is 1. The summed E-state index contributed by atoms with van der Waals surface area (Å²) in [6.45, 7) is 5.99. The molecule has 5 aliphatic rings. The predicted octanol–water partition coefficient (Wildman–Crippen LogP) is 4.94. The smallest absolute Gasteiger partial charge is 0.307 e. The lowest BCUT2D eigenvalue weighted by Gasteiger charge is -2.42. The zero-order chi connectivity index (χ0) is 30.0. The molecule has 10 unspecified atom stereocenters. The van der Waals surface area contributed by atoms with Gasteiger partial charge in [0.15, 0.2) is 12.1 Å². The van der Waals surface area contributed by atoms with Gasteiger partial charge in [-0.15, -0.1) is 0 Å². The van der Waals surface area contributed by atoms with E-state index in [0.717, 1.165) is 50.5 Å². The van der Waals surface area contributed by atoms with Gasteiger partial charge < -0.3 is 28.8 Å². The van der Waals surface area contributed by atoms with Crippen LogP contribution in [0.15, 0.2) is 36.0 Å². The lowest BCUT2D eigenvalue weighted by molar-refractivity contribution is -0.311. The maximum atomic E-state index is 13.8. The van der Waals surface area contributed by atoms with E-state index in [2.05, 4.69) is 31.2 Å². The molecule has 42 heavy (non-hydrogen) atoms. The molecule has 0 bridgehead atoms. The Bertz CT molecular complexity index is 1050. The van der Waals surface area contributed by atoms with Crippen molar-refractivity contribution in [3.8, 4) is 0 Å². The summed E-state index contributed by atoms with van der Waals surface area (Å²) in [5, 5.41) is 10.8. The lowest BCUT2D eigenvalue weighted by atomic mass is 9.70. The van der Waals surface area contributed by atoms with E-state index in [0.29, 0.717) is 11.8 Å². The van der Waals surface area contributed by atoms with Crippen LogP contribution in [0.1, 0.15) is 72.1 Å². The van der Waals surface area contributed by atoms with Crippen molar-refractivity contribution >= 4 is 11.8 Å². The Hall–Kier alpha value is -1.84. The van der Waals surface area contributed by atoms with Crippen LogP contribution in [0.5, 0.6) is 0 Å². The summed E-state index contributed by atoms with van der Waals surface area (Å²) in [6.07, 6.45) is 13.8. The number of aliphatic hydroxyl groups is 1. The summed E-state index contributed by atoms with van der Waals surface area (Å²) < 4.78 is 29.6. The third-order valence-electron chi connectivity index (χ3n) is 10.4. The summed E-state index contributed by atoms with van der Waals surface area (Å²) in [4.78, 5) is 27.0. The first-order chi connectivity index (χ1) is 20.2. The quantitative estimate of drug-likeness (QED) is 0.345. The third kappa shape index (κ3) is 6.48. The average Bonchev–Trinajstić information content (AvgIpc) is 3.54. The van der Waals surface area contributed by atoms with Gasteiger partial charge in [0.25, 0.3) is 0 Å². The summed E-state index contributed by atoms with van der Waals surface area (Å²) in [5.74, 6) is 0.641. The van der Waals surface area contributed by atoms with Crippen molar-refractivity contribution in [2.75, 3.05) is 14.2 Å². The fourth-order valence-electron chi connectivity index (χ4n) is 8.16. The zero-order valence-corrected chi connectivity index (χ0v) is 25.9. The number of rotatable bonds is 6. The van der Waals surface area contributed by atoms with Crippen LogP contribution in [0.2, 0.25) is 0 Å². The Morgan fingerprint density at radius 2 is 1.79 bits per heavy atom. The summed E-state index contributed by atoms with van der Waals surface area (Å²) in [5.41, 5.74) is 0.822. The second-order valence-corrected chi connectivity index (χ2v) is 13.0. The van der Waals surface area contributed by atoms with Crippen molar-refractivity contribution in [2.24, 2.45) is 35.5 Å². The zero-order valence-electron chi connectivity index (χ0n) is 25.9. The van der Waals surface area contributed by atoms with Crippen molar-refractivity contribution in [2.45, 2.75) is 115 Å². The first-order valence-electron chi connectivity index (χ1n) is 16.1. The van der Waals surface area contributed by atoms with Crippen molar-refractivity contribution in [3.05, 3.63) is 36.0 Å². The molecule has 3 fully saturated rings. The number of esters is 1. The third-order valence-corrected chi connectivity index (χ3v) is 10.4. The first kappa shape index (κ1) is 31.6. The summed E-state index contributed by atoms with van der Waals surface area (Å²) >= 11 is 0. The number of cyclic esters (lactones) is 1. The van der Waals surface area contributed by atoms with Crippen molar-refractivity contribution in [1.29, 1.82) is 0 Å². The maximum Gasteiger partial charge on any atom is 0.307 e. The Morgan fingerprint density at radius 3 is 2.52 bits per heavy atom. The number of aliphatic hydroxyl groups excluding tert-OH is 1. The minimum atomic E-state index is -0.858. The van der Waals surface area contributed by atoms with Crippen LogP contribution in [0.25, 0.3) is 0 Å². The van der Waals surface area contributed by atoms with E-state index in [1.807, 2.05) is 19.9 Å². The molecular weight excluding hydrogens is 536 g/mol. The summed E-state index contributed by atoms with van der Waals surface area (Å²) in [6, 6.07) is 0. The standard InChI is InChI=1S/C34H50O8/c1-6-7-11-22-12-9-8-10-19(2)30(36)28-17-26-24(27(28)18-29(35)41-22)14-13-21-15-23(16-25(21)26)42-34-33(39-5)31(37)32(38-4)20(3)40-34/h7,11,13-14,17,19-27,31-34,37H,6,8-10,12,15-16,18H2,1-5H3/b11-7+/t19?,20-,21?,22?,23?,24?,25?,26?,27?,31?,32-,33?,34-/m0/s1. The lowest BCUT2D eigenvalue weighted by Crippen LogP contribution is -2.59. The number of carbonyl (C=O) groups excluding carboxylic acids is 2. The molecule has 0 radical (unpaired) electrons. The van der Waals surface area contributed by atoms with Gasteiger partial charge in [0.05, 0.1) is 18.6 Å². The molecule has 0 spiro atoms. The maximum absolute atomic E-state index is 13.8. The van der Waals surface area contributed by atoms with Gasteiger partial charge in [0.1, 0.15) is 24.4 Å². The number of fused-ring (bicyclic) bond motifs is 5. The number of carbonyl (C=O) groups is 2. The topological polar surface area (TPSA) is 101 Å². The fourth-order valence-corrected chi connectivity index (χ4v) is 8.16. The molecule has 5 rings (SSSR count). The van der Waals surface area contributed by atoms with E-state index in [1.54, 1.807) is 14.2 Å². The Morgan fingerprint density at radius 1 is 1.02 bits per heavy atom. The highest BCUT2D eigenvalue weighted by molar-refractivity contribution is 5.98. The van der Waals surface area contributed by atoms with E-state index in [9.17, 15) is 14.7 Å². The molecule has 8 heteroatoms. The Labute approximate surface area is 250 Å². The number of methoxy groups -OCH3 is 2. The van der Waals surface area contributed by atoms with Gasteiger partial charge in [0.2, 0.25) is 0 Å². The highest BCUT2D eigenvalue weighted by Gasteiger charge is 2.52. The molecule has 0 aromatic carbocycles. The van der Waals surface area contributed by atoms with Gasteiger partial charge in [0, 0.05) is 26.1 Å². The molecule has 0 aromatic rings. The van der Waals surface area contributed by atoms with Crippen LogP contribution in [0, 0.1) is 35.5 Å². The van der Waals surface area contributed by atoms with Gasteiger partial charge in [-0.1, -0.05) is 44.6 Å². The van der Waals surface area contributed by atoms with E-state index in [-0.39, 0.29) is 60.2 Å². The van der Waals surface area contributed by atoms with Gasteiger partial charge in [-0.2, -0.15) is 0 Å². The molecule has 2 aliphatic heterocycles. The molecule has 2 saturated heterocycles. The van der Waals surface area contributed by atoms with Crippen LogP contribution in [-0.4, -0.2) is 74.0 Å². The molecule has 8 nitrogen and oxygen atoms in total. The van der Waals surface area contributed by atoms with Crippen molar-refractivity contribution < 1.29 is 38.4 Å². The highest BCUT2D eigenvalue weighted by Crippen LogP contribution is 2.54. The number of ether oxygens (including phenoxy) is 5. The Kier molecular flexibility index (Phi) is 10.4. The van der Waals surface area contributed by atoms with Crippen LogP contribution in [-0.2, 0) is 33.3 Å². The van der Waals surface area contributed by atoms with E-state index in [4.69, 9.17) is 23.7 Å². The number of Topliss-reactive ketones (excluding diaryl/α,β-unsaturated/α-hetero) is 1. The minimum Gasteiger partial charge on any atom is -0.458 e. The molecule has 234 valence electrons. The second kappa shape index (κ2) is 13.9. The van der Waals surface area contributed by atoms with Crippen molar-refractivity contribution in [3.63, 3.8) is 0 Å². The SMILES string of the molecule is CC/C=C/C1CCCCC(C)C(=O)C2=CC3C(C=CC4CC(O[C@@H]5O[C@@H](C)[C@H](OC)C(O)C5OC)CC43)C2CC(=O)O1. The second-order valence-electron chi connectivity index (χ2n) is 13.0. The molecule has 1 saturated carbocycles. The average molecular weight is 587 g/mol. The van der Waals surface area contributed by atoms with E-state index < -0.39 is 24.6 Å². The van der Waals surface area contributed by atoms with Gasteiger partial charge in [-0.25, -0.2) is 0 Å². The Balaban J connectivity index is 1.32. The molecule has 0 aromatic heterocycles. The number of ketones is 1. The van der Waals surface area contributed by atoms with E-state index >= 15 is 0 Å². The molecule has 3 aliphatic carbocycles. The van der Waals surface area contributed by atoms with Gasteiger partial charge in [-0.3, -0.25) is 9.59 Å². The van der Waals surface area contributed by atoms with Crippen LogP contribution < -0.4 is 0 Å². The normalized spacial score (nSPS) is 44.5. The molecule has 13 atom stereocenters. The van der Waals surface area contributed by atoms with Gasteiger partial charge >= 0.3 is 5.97 Å². The van der Waals surface area contributed by atoms with Crippen molar-refractivity contribution in [1.82, 2.24) is 0 Å². The highest BCUT2D eigenvalue weighted by atomic mass is 16.7. The minimum absolute atomic E-state index is 0.0582. The van der Waals surface area contributed by atoms with Crippen LogP contribution in [0.3, 0.4) is 0 Å². The molecule has 2 heterocycles. The molecular formula is C34H50O8. The molecule has 0 amide bonds. The molecule has 1 N–H and O–H groups in total. The fraction of sp³-hybridized carbons (Fsp3) is 0.765. The van der Waals surface area contributed by atoms with Gasteiger partial charge in [-0.05, 0) is 80.8 Å². The predicted molar refractivity (Wildman–Crippen MR) is 157 cm³/mol. The number of allylic oxidation sites excluding steroid dienone is 5. The van der Waals surface area contributed by atoms with Crippen LogP contribution >= 0.6 is 0 Å². The van der Waals surface area contributed by atoms with E-state index in [1.165, 1.54) is 0 Å². The van der Waals surface area contributed by atoms with Crippen LogP contribution in [0.4, 0.5) is 0 Å². The first-order valence-corrected chi connectivity index (χ1v) is 16.1.